The van der Waals surface area contributed by atoms with Crippen molar-refractivity contribution in [2.24, 2.45) is 0 Å². The minimum atomic E-state index is -1.38. The van der Waals surface area contributed by atoms with E-state index in [2.05, 4.69) is 10.3 Å². The first-order valence-electron chi connectivity index (χ1n) is 8.67. The molecule has 3 atom stereocenters. The van der Waals surface area contributed by atoms with Gasteiger partial charge in [-0.2, -0.15) is 0 Å². The van der Waals surface area contributed by atoms with Crippen LogP contribution in [-0.2, 0) is 35.0 Å². The fourth-order valence-electron chi connectivity index (χ4n) is 3.53. The van der Waals surface area contributed by atoms with Gasteiger partial charge in [-0.15, -0.1) is 0 Å². The average Bonchev–Trinajstić information content (AvgIpc) is 3.02. The summed E-state index contributed by atoms with van der Waals surface area (Å²) >= 11 is 0. The first kappa shape index (κ1) is 18.9. The van der Waals surface area contributed by atoms with Crippen molar-refractivity contribution in [3.8, 4) is 0 Å². The molecule has 0 aliphatic carbocycles. The lowest BCUT2D eigenvalue weighted by molar-refractivity contribution is -0.181. The van der Waals surface area contributed by atoms with E-state index >= 15 is 0 Å². The molecule has 2 N–H and O–H groups in total. The lowest BCUT2D eigenvalue weighted by Crippen LogP contribution is -2.50. The third-order valence-electron chi connectivity index (χ3n) is 4.55. The van der Waals surface area contributed by atoms with Gasteiger partial charge in [0.2, 0.25) is 6.10 Å². The zero-order valence-corrected chi connectivity index (χ0v) is 15.4. The number of nitrogens with one attached hydrogen (secondary N) is 2. The minimum absolute atomic E-state index is 0.562. The number of esters is 3. The van der Waals surface area contributed by atoms with Gasteiger partial charge in [0.1, 0.15) is 0 Å². The number of carbonyl (C=O) groups is 3. The molecule has 1 aliphatic heterocycles. The molecule has 0 fully saturated rings. The molecule has 144 valence electrons. The lowest BCUT2D eigenvalue weighted by Gasteiger charge is -2.34. The predicted molar refractivity (Wildman–Crippen MR) is 95.9 cm³/mol. The molecule has 0 spiro atoms. The fraction of sp³-hybridized carbons (Fsp3) is 0.421. The summed E-state index contributed by atoms with van der Waals surface area (Å²) in [5.74, 6) is -2.05. The number of hydrogen-bond acceptors (Lipinski definition) is 7. The van der Waals surface area contributed by atoms with Gasteiger partial charge in [-0.3, -0.25) is 9.59 Å². The molecule has 1 aromatic heterocycles. The van der Waals surface area contributed by atoms with Crippen LogP contribution in [0.5, 0.6) is 0 Å². The molecule has 0 saturated heterocycles. The third kappa shape index (κ3) is 3.80. The Balaban J connectivity index is 2.07. The van der Waals surface area contributed by atoms with Gasteiger partial charge in [-0.25, -0.2) is 4.79 Å². The molecule has 2 heterocycles. The number of benzene rings is 1. The van der Waals surface area contributed by atoms with Crippen LogP contribution in [0.4, 0.5) is 0 Å². The number of aromatic nitrogens is 1. The van der Waals surface area contributed by atoms with Gasteiger partial charge < -0.3 is 24.5 Å². The molecular weight excluding hydrogens is 352 g/mol. The summed E-state index contributed by atoms with van der Waals surface area (Å²) in [5, 5.41) is 4.34. The maximum Gasteiger partial charge on any atom is 0.351 e. The highest BCUT2D eigenvalue weighted by Gasteiger charge is 2.43. The summed E-state index contributed by atoms with van der Waals surface area (Å²) in [6.07, 6.45) is -1.68. The minimum Gasteiger partial charge on any atom is -0.466 e. The number of ether oxygens (including phenoxy) is 3. The Morgan fingerprint density at radius 1 is 1.11 bits per heavy atom. The quantitative estimate of drug-likeness (QED) is 0.602. The zero-order valence-electron chi connectivity index (χ0n) is 15.4. The molecule has 2 aromatic rings. The Morgan fingerprint density at radius 3 is 2.48 bits per heavy atom. The van der Waals surface area contributed by atoms with Crippen molar-refractivity contribution in [3.63, 3.8) is 0 Å². The summed E-state index contributed by atoms with van der Waals surface area (Å²) in [4.78, 5) is 38.9. The Kier molecular flexibility index (Phi) is 5.46. The van der Waals surface area contributed by atoms with Crippen LogP contribution in [0.1, 0.15) is 31.1 Å². The van der Waals surface area contributed by atoms with Crippen LogP contribution < -0.4 is 5.32 Å². The molecule has 0 bridgehead atoms. The molecule has 0 saturated carbocycles. The molecule has 3 rings (SSSR count). The van der Waals surface area contributed by atoms with Crippen molar-refractivity contribution >= 4 is 28.8 Å². The zero-order chi connectivity index (χ0) is 19.6. The van der Waals surface area contributed by atoms with E-state index in [1.165, 1.54) is 21.0 Å². The molecule has 3 unspecified atom stereocenters. The monoisotopic (exact) mass is 374 g/mol. The number of carbonyl (C=O) groups excluding carboxylic acids is 3. The van der Waals surface area contributed by atoms with Crippen molar-refractivity contribution in [2.45, 2.75) is 38.5 Å². The summed E-state index contributed by atoms with van der Waals surface area (Å²) in [5.41, 5.74) is 2.83. The normalized spacial score (nSPS) is 18.3. The largest absolute Gasteiger partial charge is 0.466 e. The number of rotatable bonds is 5. The Labute approximate surface area is 156 Å². The average molecular weight is 374 g/mol. The topological polar surface area (TPSA) is 107 Å². The van der Waals surface area contributed by atoms with Crippen LogP contribution in [0, 0.1) is 0 Å². The van der Waals surface area contributed by atoms with Gasteiger partial charge in [-0.05, 0) is 18.1 Å². The molecule has 27 heavy (non-hydrogen) atoms. The predicted octanol–water partition coefficient (Wildman–Crippen LogP) is 1.39. The Bertz CT molecular complexity index is 874. The molecule has 0 amide bonds. The first-order chi connectivity index (χ1) is 12.9. The van der Waals surface area contributed by atoms with E-state index in [1.54, 1.807) is 0 Å². The van der Waals surface area contributed by atoms with Gasteiger partial charge in [0, 0.05) is 37.0 Å². The number of hydrogen-bond donors (Lipinski definition) is 2. The standard InChI is InChI=1S/C19H22N2O6/c1-10(22)26-17(18(19(24)25-3)27-11(2)23)16-15-13(8-9-20-16)12-6-4-5-7-14(12)21-15/h4-7,16-18,20-21H,8-9H2,1-3H3. The molecular formula is C19H22N2O6. The van der Waals surface area contributed by atoms with Crippen molar-refractivity contribution in [2.75, 3.05) is 13.7 Å². The highest BCUT2D eigenvalue weighted by Crippen LogP contribution is 2.34. The second-order valence-corrected chi connectivity index (χ2v) is 6.37. The van der Waals surface area contributed by atoms with E-state index in [1.807, 2.05) is 24.3 Å². The van der Waals surface area contributed by atoms with Crippen LogP contribution >= 0.6 is 0 Å². The fourth-order valence-corrected chi connectivity index (χ4v) is 3.53. The molecule has 8 heteroatoms. The van der Waals surface area contributed by atoms with Gasteiger partial charge in [0.15, 0.2) is 6.10 Å². The third-order valence-corrected chi connectivity index (χ3v) is 4.55. The molecule has 0 radical (unpaired) electrons. The summed E-state index contributed by atoms with van der Waals surface area (Å²) in [7, 11) is 1.19. The number of fused-ring (bicyclic) bond motifs is 3. The van der Waals surface area contributed by atoms with Crippen molar-refractivity contribution in [3.05, 3.63) is 35.5 Å². The van der Waals surface area contributed by atoms with E-state index in [-0.39, 0.29) is 0 Å². The summed E-state index contributed by atoms with van der Waals surface area (Å²) in [6, 6.07) is 7.28. The van der Waals surface area contributed by atoms with E-state index in [4.69, 9.17) is 14.2 Å². The Hall–Kier alpha value is -2.87. The van der Waals surface area contributed by atoms with Gasteiger partial charge in [0.05, 0.1) is 13.2 Å². The highest BCUT2D eigenvalue weighted by molar-refractivity contribution is 5.85. The number of para-hydroxylation sites is 1. The van der Waals surface area contributed by atoms with Crippen LogP contribution in [0.15, 0.2) is 24.3 Å². The van der Waals surface area contributed by atoms with Crippen LogP contribution in [-0.4, -0.2) is 48.8 Å². The van der Waals surface area contributed by atoms with Gasteiger partial charge in [0.25, 0.3) is 0 Å². The second-order valence-electron chi connectivity index (χ2n) is 6.37. The number of H-pyrrole nitrogens is 1. The summed E-state index contributed by atoms with van der Waals surface area (Å²) in [6.45, 7) is 3.04. The Morgan fingerprint density at radius 2 is 1.81 bits per heavy atom. The molecule has 1 aromatic carbocycles. The van der Waals surface area contributed by atoms with E-state index in [9.17, 15) is 14.4 Å². The lowest BCUT2D eigenvalue weighted by atomic mass is 9.93. The van der Waals surface area contributed by atoms with Crippen LogP contribution in [0.3, 0.4) is 0 Å². The SMILES string of the molecule is COC(=O)C(OC(C)=O)C(OC(C)=O)C1NCCc2c1[nH]c1ccccc21. The van der Waals surface area contributed by atoms with Crippen LogP contribution in [0.25, 0.3) is 10.9 Å². The number of methoxy groups -OCH3 is 1. The maximum atomic E-state index is 12.3. The van der Waals surface area contributed by atoms with E-state index < -0.39 is 36.2 Å². The smallest absolute Gasteiger partial charge is 0.351 e. The second kappa shape index (κ2) is 7.79. The molecule has 8 nitrogen and oxygen atoms in total. The molecule has 1 aliphatic rings. The number of aromatic amines is 1. The maximum absolute atomic E-state index is 12.3. The highest BCUT2D eigenvalue weighted by atomic mass is 16.6. The van der Waals surface area contributed by atoms with Crippen molar-refractivity contribution < 1.29 is 28.6 Å². The van der Waals surface area contributed by atoms with Crippen LogP contribution in [0.2, 0.25) is 0 Å². The van der Waals surface area contributed by atoms with E-state index in [0.717, 1.165) is 28.6 Å². The van der Waals surface area contributed by atoms with E-state index in [0.29, 0.717) is 6.54 Å². The summed E-state index contributed by atoms with van der Waals surface area (Å²) < 4.78 is 15.4. The van der Waals surface area contributed by atoms with Crippen molar-refractivity contribution in [1.82, 2.24) is 10.3 Å². The van der Waals surface area contributed by atoms with Gasteiger partial charge >= 0.3 is 17.9 Å². The van der Waals surface area contributed by atoms with Gasteiger partial charge in [-0.1, -0.05) is 18.2 Å². The van der Waals surface area contributed by atoms with Crippen molar-refractivity contribution in [1.29, 1.82) is 0 Å². The first-order valence-corrected chi connectivity index (χ1v) is 8.67.